The van der Waals surface area contributed by atoms with Crippen LogP contribution in [0.25, 0.3) is 0 Å². The molecule has 0 spiro atoms. The van der Waals surface area contributed by atoms with Crippen LogP contribution in [0, 0.1) is 12.8 Å². The highest BCUT2D eigenvalue weighted by atomic mass is 32.2. The molecule has 2 aliphatic rings. The number of thioether (sulfide) groups is 2. The number of aryl methyl sites for hydroxylation is 1. The van der Waals surface area contributed by atoms with Crippen LogP contribution in [0.2, 0.25) is 0 Å². The number of β-lactam (4-membered cyclic amide) rings is 1. The molecular formula is C18H24N2O4S2. The number of carbonyl (C=O) groups is 2. The van der Waals surface area contributed by atoms with Crippen LogP contribution in [0.1, 0.15) is 12.5 Å². The third-order valence-electron chi connectivity index (χ3n) is 3.70. The predicted octanol–water partition coefficient (Wildman–Crippen LogP) is 2.43. The fourth-order valence-electron chi connectivity index (χ4n) is 2.53. The van der Waals surface area contributed by atoms with Crippen molar-refractivity contribution in [2.24, 2.45) is 5.92 Å². The van der Waals surface area contributed by atoms with Gasteiger partial charge in [0.2, 0.25) is 5.91 Å². The monoisotopic (exact) mass is 396 g/mol. The molecule has 1 fully saturated rings. The zero-order valence-electron chi connectivity index (χ0n) is 15.5. The average Bonchev–Trinajstić information content (AvgIpc) is 2.83. The minimum Gasteiger partial charge on any atom is -0.477 e. The van der Waals surface area contributed by atoms with Crippen molar-refractivity contribution in [1.82, 2.24) is 9.80 Å². The minimum atomic E-state index is -1.11. The van der Waals surface area contributed by atoms with E-state index in [9.17, 15) is 19.8 Å². The van der Waals surface area contributed by atoms with E-state index in [4.69, 9.17) is 0 Å². The summed E-state index contributed by atoms with van der Waals surface area (Å²) in [5.41, 5.74) is 1.16. The molecule has 0 aromatic heterocycles. The number of aliphatic hydroxyl groups is 1. The van der Waals surface area contributed by atoms with Gasteiger partial charge in [0.1, 0.15) is 5.37 Å². The van der Waals surface area contributed by atoms with Crippen molar-refractivity contribution < 1.29 is 19.8 Å². The van der Waals surface area contributed by atoms with Crippen LogP contribution in [0.4, 0.5) is 0 Å². The Morgan fingerprint density at radius 3 is 2.27 bits per heavy atom. The first kappa shape index (κ1) is 20.8. The number of carbonyl (C=O) groups excluding carboxylic acids is 1. The number of hydrogen-bond acceptors (Lipinski definition) is 6. The van der Waals surface area contributed by atoms with Gasteiger partial charge in [-0.15, -0.1) is 0 Å². The third kappa shape index (κ3) is 4.43. The lowest BCUT2D eigenvalue weighted by Gasteiger charge is -2.43. The molecule has 142 valence electrons. The summed E-state index contributed by atoms with van der Waals surface area (Å²) in [6.45, 7) is 3.55. The zero-order valence-corrected chi connectivity index (χ0v) is 17.1. The van der Waals surface area contributed by atoms with Gasteiger partial charge in [0, 0.05) is 4.90 Å². The first-order valence-electron chi connectivity index (χ1n) is 8.14. The highest BCUT2D eigenvalue weighted by molar-refractivity contribution is 8.22. The van der Waals surface area contributed by atoms with Crippen LogP contribution >= 0.6 is 23.5 Å². The summed E-state index contributed by atoms with van der Waals surface area (Å²) >= 11 is 2.69. The Hall–Kier alpha value is -1.48. The predicted molar refractivity (Wildman–Crippen MR) is 105 cm³/mol. The number of nitrogens with zero attached hydrogens (tertiary/aromatic N) is 2. The number of rotatable bonds is 4. The van der Waals surface area contributed by atoms with E-state index >= 15 is 0 Å². The molecule has 8 heteroatoms. The zero-order chi connectivity index (χ0) is 19.6. The van der Waals surface area contributed by atoms with Gasteiger partial charge in [-0.25, -0.2) is 4.79 Å². The van der Waals surface area contributed by atoms with Crippen LogP contribution in [-0.2, 0) is 9.59 Å². The maximum Gasteiger partial charge on any atom is 0.354 e. The Kier molecular flexibility index (Phi) is 6.79. The Balaban J connectivity index is 0.000000552. The molecule has 26 heavy (non-hydrogen) atoms. The third-order valence-corrected chi connectivity index (χ3v) is 6.28. The molecule has 1 amide bonds. The molecule has 2 N–H and O–H groups in total. The van der Waals surface area contributed by atoms with Crippen molar-refractivity contribution in [3.05, 3.63) is 39.8 Å². The number of aliphatic carboxylic acids is 1. The Bertz CT molecular complexity index is 714. The Labute approximate surface area is 162 Å². The van der Waals surface area contributed by atoms with E-state index in [-0.39, 0.29) is 17.0 Å². The van der Waals surface area contributed by atoms with Crippen molar-refractivity contribution in [2.45, 2.75) is 30.2 Å². The molecule has 0 radical (unpaired) electrons. The summed E-state index contributed by atoms with van der Waals surface area (Å²) in [6.07, 6.45) is -0.778. The molecule has 2 heterocycles. The second-order valence-electron chi connectivity index (χ2n) is 6.68. The lowest BCUT2D eigenvalue weighted by atomic mass is 9.92. The van der Waals surface area contributed by atoms with Gasteiger partial charge in [0.05, 0.1) is 16.3 Å². The average molecular weight is 397 g/mol. The van der Waals surface area contributed by atoms with Gasteiger partial charge in [-0.1, -0.05) is 41.2 Å². The standard InChI is InChI=1S/C15H15NO4S2.C3H9N/c1-7-3-5-9(6-4-7)21-15-11(14(19)20)16-12(18)10(8(2)17)13(16)22-15;1-4(2)3/h3-6,8,10,13,17H,1-2H3,(H,19,20);1-3H3/t8-,10+,13-;/m1./s1. The van der Waals surface area contributed by atoms with Crippen molar-refractivity contribution in [3.63, 3.8) is 0 Å². The van der Waals surface area contributed by atoms with Crippen molar-refractivity contribution in [2.75, 3.05) is 21.1 Å². The highest BCUT2D eigenvalue weighted by Gasteiger charge is 2.57. The number of carboxylic acids is 1. The first-order valence-corrected chi connectivity index (χ1v) is 9.84. The minimum absolute atomic E-state index is 0.0301. The SMILES string of the molecule is CN(C)C.Cc1ccc(SC2=C(C(=O)O)N3C(=O)[C@H]([C@@H](C)O)[C@H]3S2)cc1. The first-order chi connectivity index (χ1) is 12.1. The van der Waals surface area contributed by atoms with E-state index in [2.05, 4.69) is 0 Å². The summed E-state index contributed by atoms with van der Waals surface area (Å²) in [4.78, 5) is 27.8. The largest absolute Gasteiger partial charge is 0.477 e. The van der Waals surface area contributed by atoms with E-state index in [1.807, 2.05) is 57.2 Å². The van der Waals surface area contributed by atoms with E-state index in [0.717, 1.165) is 10.5 Å². The normalized spacial score (nSPS) is 22.6. The lowest BCUT2D eigenvalue weighted by Crippen LogP contribution is -2.60. The number of aliphatic hydroxyl groups excluding tert-OH is 1. The van der Waals surface area contributed by atoms with E-state index in [1.54, 1.807) is 6.92 Å². The molecular weight excluding hydrogens is 372 g/mol. The van der Waals surface area contributed by atoms with Crippen molar-refractivity contribution in [1.29, 1.82) is 0 Å². The fraction of sp³-hybridized carbons (Fsp3) is 0.444. The molecule has 2 aliphatic heterocycles. The molecule has 1 aromatic rings. The number of carboxylic acid groups (broad SMARTS) is 1. The van der Waals surface area contributed by atoms with Crippen molar-refractivity contribution >= 4 is 35.4 Å². The molecule has 0 aliphatic carbocycles. The highest BCUT2D eigenvalue weighted by Crippen LogP contribution is 2.55. The number of amides is 1. The van der Waals surface area contributed by atoms with Crippen molar-refractivity contribution in [3.8, 4) is 0 Å². The van der Waals surface area contributed by atoms with E-state index in [1.165, 1.54) is 28.4 Å². The fourth-order valence-corrected chi connectivity index (χ4v) is 5.40. The molecule has 0 unspecified atom stereocenters. The van der Waals surface area contributed by atoms with Gasteiger partial charge >= 0.3 is 5.97 Å². The van der Waals surface area contributed by atoms with E-state index < -0.39 is 18.0 Å². The second-order valence-corrected chi connectivity index (χ2v) is 9.15. The van der Waals surface area contributed by atoms with Crippen LogP contribution in [0.15, 0.2) is 39.1 Å². The summed E-state index contributed by atoms with van der Waals surface area (Å²) in [7, 11) is 6.00. The Morgan fingerprint density at radius 2 is 1.81 bits per heavy atom. The molecule has 0 saturated carbocycles. The topological polar surface area (TPSA) is 81.1 Å². The second kappa shape index (κ2) is 8.47. The van der Waals surface area contributed by atoms with Gasteiger partial charge in [-0.3, -0.25) is 9.69 Å². The van der Waals surface area contributed by atoms with Gasteiger partial charge in [-0.2, -0.15) is 0 Å². The Morgan fingerprint density at radius 1 is 1.27 bits per heavy atom. The number of fused-ring (bicyclic) bond motifs is 1. The van der Waals surface area contributed by atoms with Gasteiger partial charge < -0.3 is 15.1 Å². The van der Waals surface area contributed by atoms with Crippen LogP contribution in [-0.4, -0.2) is 64.5 Å². The molecule has 0 bridgehead atoms. The van der Waals surface area contributed by atoms with Gasteiger partial charge in [0.25, 0.3) is 0 Å². The number of hydrogen-bond donors (Lipinski definition) is 2. The van der Waals surface area contributed by atoms with Crippen LogP contribution < -0.4 is 0 Å². The molecule has 6 nitrogen and oxygen atoms in total. The van der Waals surface area contributed by atoms with Gasteiger partial charge in [-0.05, 0) is 47.1 Å². The smallest absolute Gasteiger partial charge is 0.354 e. The van der Waals surface area contributed by atoms with E-state index in [0.29, 0.717) is 4.24 Å². The van der Waals surface area contributed by atoms with Gasteiger partial charge in [0.15, 0.2) is 5.70 Å². The number of benzene rings is 1. The van der Waals surface area contributed by atoms with Crippen LogP contribution in [0.5, 0.6) is 0 Å². The maximum atomic E-state index is 12.1. The molecule has 1 aromatic carbocycles. The lowest BCUT2D eigenvalue weighted by molar-refractivity contribution is -0.156. The maximum absolute atomic E-state index is 12.1. The summed E-state index contributed by atoms with van der Waals surface area (Å²) in [5.74, 6) is -1.96. The summed E-state index contributed by atoms with van der Waals surface area (Å²) in [6, 6.07) is 7.77. The summed E-state index contributed by atoms with van der Waals surface area (Å²) in [5, 5.41) is 18.8. The summed E-state index contributed by atoms with van der Waals surface area (Å²) < 4.78 is 0.595. The molecule has 1 saturated heterocycles. The molecule has 3 rings (SSSR count). The molecule has 3 atom stereocenters. The quantitative estimate of drug-likeness (QED) is 0.757. The van der Waals surface area contributed by atoms with Crippen LogP contribution in [0.3, 0.4) is 0 Å².